The first kappa shape index (κ1) is 13.0. The molecule has 4 saturated carbocycles. The van der Waals surface area contributed by atoms with Crippen molar-refractivity contribution in [3.05, 3.63) is 0 Å². The van der Waals surface area contributed by atoms with Crippen LogP contribution < -0.4 is 5.32 Å². The highest BCUT2D eigenvalue weighted by Crippen LogP contribution is 2.67. The summed E-state index contributed by atoms with van der Waals surface area (Å²) in [5.41, 5.74) is 1.16. The average Bonchev–Trinajstić information content (AvgIpc) is 2.26. The lowest BCUT2D eigenvalue weighted by atomic mass is 9.41. The average molecular weight is 249 g/mol. The van der Waals surface area contributed by atoms with Crippen molar-refractivity contribution in [2.24, 2.45) is 34.5 Å². The molecule has 0 aromatic heterocycles. The van der Waals surface area contributed by atoms with E-state index >= 15 is 0 Å². The van der Waals surface area contributed by atoms with Crippen LogP contribution in [0, 0.1) is 34.5 Å². The molecule has 0 saturated heterocycles. The van der Waals surface area contributed by atoms with Crippen LogP contribution in [0.5, 0.6) is 0 Å². The molecule has 1 unspecified atom stereocenters. The molecule has 1 N–H and O–H groups in total. The third kappa shape index (κ3) is 1.69. The van der Waals surface area contributed by atoms with Gasteiger partial charge in [0.1, 0.15) is 0 Å². The summed E-state index contributed by atoms with van der Waals surface area (Å²) in [7, 11) is 2.14. The molecule has 1 nitrogen and oxygen atoms in total. The van der Waals surface area contributed by atoms with Crippen LogP contribution in [0.1, 0.15) is 59.3 Å². The van der Waals surface area contributed by atoms with Gasteiger partial charge in [-0.25, -0.2) is 0 Å². The predicted octanol–water partition coefficient (Wildman–Crippen LogP) is 4.08. The monoisotopic (exact) mass is 249 g/mol. The summed E-state index contributed by atoms with van der Waals surface area (Å²) in [5.74, 6) is 4.02. The molecule has 0 aliphatic heterocycles. The minimum absolute atomic E-state index is 0.498. The van der Waals surface area contributed by atoms with Gasteiger partial charge in [-0.15, -0.1) is 0 Å². The minimum atomic E-state index is 0.498. The molecule has 4 aliphatic rings. The SMILES string of the molecule is CNCC(C)(C(C)C)C12CC3CC(CC(C3)C1)C2. The second kappa shape index (κ2) is 4.23. The van der Waals surface area contributed by atoms with Crippen LogP contribution in [0.4, 0.5) is 0 Å². The maximum absolute atomic E-state index is 3.51. The van der Waals surface area contributed by atoms with Gasteiger partial charge < -0.3 is 5.32 Å². The van der Waals surface area contributed by atoms with E-state index in [1.807, 2.05) is 0 Å². The Morgan fingerprint density at radius 2 is 1.50 bits per heavy atom. The fraction of sp³-hybridized carbons (Fsp3) is 1.00. The molecule has 0 aromatic rings. The second-order valence-corrected chi connectivity index (χ2v) is 8.30. The van der Waals surface area contributed by atoms with E-state index in [0.717, 1.165) is 23.7 Å². The summed E-state index contributed by atoms with van der Waals surface area (Å²) in [5, 5.41) is 3.51. The Bertz CT molecular complexity index is 284. The number of hydrogen-bond donors (Lipinski definition) is 1. The van der Waals surface area contributed by atoms with Crippen molar-refractivity contribution < 1.29 is 0 Å². The lowest BCUT2D eigenvalue weighted by Gasteiger charge is -2.64. The standard InChI is InChI=1S/C17H31N/c1-12(2)16(3,11-18-4)17-8-13-5-14(9-17)7-15(6-13)10-17/h12-15,18H,5-11H2,1-4H3. The zero-order valence-corrected chi connectivity index (χ0v) is 12.8. The molecule has 0 aromatic carbocycles. The zero-order valence-electron chi connectivity index (χ0n) is 12.8. The van der Waals surface area contributed by atoms with Crippen LogP contribution >= 0.6 is 0 Å². The van der Waals surface area contributed by atoms with E-state index in [4.69, 9.17) is 0 Å². The van der Waals surface area contributed by atoms with Gasteiger partial charge in [-0.2, -0.15) is 0 Å². The second-order valence-electron chi connectivity index (χ2n) is 8.30. The molecule has 0 heterocycles. The normalized spacial score (nSPS) is 45.5. The van der Waals surface area contributed by atoms with Crippen molar-refractivity contribution in [2.45, 2.75) is 59.3 Å². The van der Waals surface area contributed by atoms with Gasteiger partial charge in [-0.3, -0.25) is 0 Å². The Balaban J connectivity index is 1.93. The van der Waals surface area contributed by atoms with E-state index in [0.29, 0.717) is 10.8 Å². The van der Waals surface area contributed by atoms with Crippen LogP contribution in [0.3, 0.4) is 0 Å². The first-order valence-corrected chi connectivity index (χ1v) is 8.14. The summed E-state index contributed by atoms with van der Waals surface area (Å²) < 4.78 is 0. The van der Waals surface area contributed by atoms with Gasteiger partial charge >= 0.3 is 0 Å². The van der Waals surface area contributed by atoms with Crippen LogP contribution in [0.25, 0.3) is 0 Å². The van der Waals surface area contributed by atoms with Crippen LogP contribution in [0.15, 0.2) is 0 Å². The maximum Gasteiger partial charge on any atom is 0.000994 e. The number of nitrogens with one attached hydrogen (secondary N) is 1. The van der Waals surface area contributed by atoms with Gasteiger partial charge in [-0.1, -0.05) is 20.8 Å². The van der Waals surface area contributed by atoms with Crippen molar-refractivity contribution >= 4 is 0 Å². The summed E-state index contributed by atoms with van der Waals surface area (Å²) >= 11 is 0. The first-order chi connectivity index (χ1) is 8.49. The Morgan fingerprint density at radius 1 is 1.06 bits per heavy atom. The zero-order chi connectivity index (χ0) is 13.0. The summed E-state index contributed by atoms with van der Waals surface area (Å²) in [4.78, 5) is 0. The number of hydrogen-bond acceptors (Lipinski definition) is 1. The van der Waals surface area contributed by atoms with Crippen LogP contribution in [-0.4, -0.2) is 13.6 Å². The first-order valence-electron chi connectivity index (χ1n) is 8.14. The fourth-order valence-electron chi connectivity index (χ4n) is 6.18. The highest BCUT2D eigenvalue weighted by atomic mass is 14.8. The Hall–Kier alpha value is -0.0400. The molecular weight excluding hydrogens is 218 g/mol. The van der Waals surface area contributed by atoms with E-state index < -0.39 is 0 Å². The smallest absolute Gasteiger partial charge is 0.000994 e. The molecule has 1 heteroatoms. The summed E-state index contributed by atoms with van der Waals surface area (Å²) in [6, 6.07) is 0. The highest BCUT2D eigenvalue weighted by Gasteiger charge is 2.58. The third-order valence-corrected chi connectivity index (χ3v) is 7.07. The molecule has 4 aliphatic carbocycles. The molecule has 4 rings (SSSR count). The summed E-state index contributed by atoms with van der Waals surface area (Å²) in [6.07, 6.45) is 9.30. The fourth-order valence-corrected chi connectivity index (χ4v) is 6.18. The van der Waals surface area contributed by atoms with Crippen LogP contribution in [0.2, 0.25) is 0 Å². The topological polar surface area (TPSA) is 12.0 Å². The predicted molar refractivity (Wildman–Crippen MR) is 77.5 cm³/mol. The van der Waals surface area contributed by atoms with Crippen molar-refractivity contribution in [1.29, 1.82) is 0 Å². The van der Waals surface area contributed by atoms with Gasteiger partial charge in [0.05, 0.1) is 0 Å². The van der Waals surface area contributed by atoms with E-state index in [1.165, 1.54) is 25.8 Å². The van der Waals surface area contributed by atoms with E-state index in [-0.39, 0.29) is 0 Å². The maximum atomic E-state index is 3.51. The van der Waals surface area contributed by atoms with Gasteiger partial charge in [0, 0.05) is 6.54 Å². The molecule has 0 spiro atoms. The molecule has 104 valence electrons. The molecular formula is C17H31N. The lowest BCUT2D eigenvalue weighted by molar-refractivity contribution is -0.140. The van der Waals surface area contributed by atoms with E-state index in [2.05, 4.69) is 33.1 Å². The van der Waals surface area contributed by atoms with Gasteiger partial charge in [0.15, 0.2) is 0 Å². The van der Waals surface area contributed by atoms with E-state index in [1.54, 1.807) is 19.3 Å². The van der Waals surface area contributed by atoms with Gasteiger partial charge in [0.25, 0.3) is 0 Å². The Kier molecular flexibility index (Phi) is 3.05. The van der Waals surface area contributed by atoms with Crippen molar-refractivity contribution in [3.8, 4) is 0 Å². The molecule has 4 bridgehead atoms. The van der Waals surface area contributed by atoms with Crippen molar-refractivity contribution in [1.82, 2.24) is 5.32 Å². The van der Waals surface area contributed by atoms with Gasteiger partial charge in [-0.05, 0) is 80.1 Å². The Morgan fingerprint density at radius 3 is 1.83 bits per heavy atom. The molecule has 1 atom stereocenters. The number of rotatable bonds is 4. The molecule has 0 radical (unpaired) electrons. The van der Waals surface area contributed by atoms with Gasteiger partial charge in [0.2, 0.25) is 0 Å². The van der Waals surface area contributed by atoms with Crippen LogP contribution in [-0.2, 0) is 0 Å². The highest BCUT2D eigenvalue weighted by molar-refractivity contribution is 5.09. The third-order valence-electron chi connectivity index (χ3n) is 7.07. The molecule has 0 amide bonds. The Labute approximate surface area is 113 Å². The quantitative estimate of drug-likeness (QED) is 0.791. The minimum Gasteiger partial charge on any atom is -0.319 e. The van der Waals surface area contributed by atoms with Crippen molar-refractivity contribution in [3.63, 3.8) is 0 Å². The largest absolute Gasteiger partial charge is 0.319 e. The summed E-state index contributed by atoms with van der Waals surface area (Å²) in [6.45, 7) is 8.70. The molecule has 4 fully saturated rings. The lowest BCUT2D eigenvalue weighted by Crippen LogP contribution is -2.58. The van der Waals surface area contributed by atoms with E-state index in [9.17, 15) is 0 Å². The van der Waals surface area contributed by atoms with Crippen molar-refractivity contribution in [2.75, 3.05) is 13.6 Å². The molecule has 18 heavy (non-hydrogen) atoms.